The van der Waals surface area contributed by atoms with Crippen LogP contribution >= 0.6 is 11.6 Å². The molecule has 0 aliphatic carbocycles. The van der Waals surface area contributed by atoms with Gasteiger partial charge in [0, 0.05) is 17.6 Å². The molecule has 29 heavy (non-hydrogen) atoms. The van der Waals surface area contributed by atoms with Crippen LogP contribution in [-0.2, 0) is 16.2 Å². The first kappa shape index (κ1) is 22.6. The minimum atomic E-state index is -0.350. The molecule has 0 aliphatic rings. The van der Waals surface area contributed by atoms with Crippen molar-refractivity contribution in [1.82, 2.24) is 4.90 Å². The quantitative estimate of drug-likeness (QED) is 0.466. The summed E-state index contributed by atoms with van der Waals surface area (Å²) < 4.78 is 10.5. The van der Waals surface area contributed by atoms with Gasteiger partial charge in [0.05, 0.1) is 25.5 Å². The first-order valence-electron chi connectivity index (χ1n) is 9.17. The number of benzene rings is 2. The number of halogens is 1. The maximum absolute atomic E-state index is 12.7. The summed E-state index contributed by atoms with van der Waals surface area (Å²) in [6, 6.07) is 13.2. The minimum absolute atomic E-state index is 0.149. The predicted molar refractivity (Wildman–Crippen MR) is 115 cm³/mol. The topological polar surface area (TPSA) is 60.4 Å². The third kappa shape index (κ3) is 6.39. The second kappa shape index (κ2) is 10.2. The molecule has 1 amide bonds. The van der Waals surface area contributed by atoms with Crippen LogP contribution in [0.2, 0.25) is 5.02 Å². The molecule has 0 aliphatic heterocycles. The van der Waals surface area contributed by atoms with E-state index in [1.54, 1.807) is 17.0 Å². The second-order valence-electron chi connectivity index (χ2n) is 7.38. The van der Waals surface area contributed by atoms with Gasteiger partial charge in [-0.25, -0.2) is 0 Å². The van der Waals surface area contributed by atoms with Crippen molar-refractivity contribution < 1.29 is 19.1 Å². The third-order valence-corrected chi connectivity index (χ3v) is 4.50. The second-order valence-corrected chi connectivity index (χ2v) is 7.79. The molecule has 7 heteroatoms. The lowest BCUT2D eigenvalue weighted by Crippen LogP contribution is -2.46. The van der Waals surface area contributed by atoms with Crippen LogP contribution in [0, 0.1) is 0 Å². The molecule has 2 aromatic carbocycles. The lowest BCUT2D eigenvalue weighted by molar-refractivity contribution is -0.141. The maximum atomic E-state index is 12.7. The number of methoxy groups -OCH3 is 2. The van der Waals surface area contributed by atoms with Crippen LogP contribution in [0.25, 0.3) is 0 Å². The molecule has 156 valence electrons. The number of carbonyl (C=O) groups excluding carboxylic acids is 1. The molecule has 0 fully saturated rings. The molecule has 0 heterocycles. The summed E-state index contributed by atoms with van der Waals surface area (Å²) in [6.07, 6.45) is 1.47. The zero-order valence-corrected chi connectivity index (χ0v) is 18.2. The Hall–Kier alpha value is -2.73. The van der Waals surface area contributed by atoms with Gasteiger partial charge in [0.1, 0.15) is 0 Å². The van der Waals surface area contributed by atoms with Gasteiger partial charge in [-0.05, 0) is 38.5 Å². The van der Waals surface area contributed by atoms with Crippen LogP contribution < -0.4 is 9.47 Å². The molecule has 0 radical (unpaired) electrons. The lowest BCUT2D eigenvalue weighted by atomic mass is 10.0. The van der Waals surface area contributed by atoms with Crippen molar-refractivity contribution in [2.24, 2.45) is 5.16 Å². The number of hydrogen-bond donors (Lipinski definition) is 0. The molecule has 2 aromatic rings. The summed E-state index contributed by atoms with van der Waals surface area (Å²) >= 11 is 6.18. The lowest BCUT2D eigenvalue weighted by Gasteiger charge is -2.35. The van der Waals surface area contributed by atoms with Crippen molar-refractivity contribution in [2.45, 2.75) is 32.9 Å². The molecule has 0 N–H and O–H groups in total. The molecule has 0 aromatic heterocycles. The zero-order chi connectivity index (χ0) is 21.4. The highest BCUT2D eigenvalue weighted by Crippen LogP contribution is 2.35. The van der Waals surface area contributed by atoms with Crippen LogP contribution in [0.1, 0.15) is 31.9 Å². The molecule has 0 saturated heterocycles. The van der Waals surface area contributed by atoms with Crippen molar-refractivity contribution in [3.8, 4) is 11.5 Å². The van der Waals surface area contributed by atoms with E-state index in [1.165, 1.54) is 20.4 Å². The van der Waals surface area contributed by atoms with Gasteiger partial charge in [0.25, 0.3) is 5.91 Å². The molecule has 0 spiro atoms. The molecule has 0 bridgehead atoms. The molecule has 0 saturated carbocycles. The van der Waals surface area contributed by atoms with E-state index in [0.717, 1.165) is 5.56 Å². The number of ether oxygens (including phenoxy) is 2. The summed E-state index contributed by atoms with van der Waals surface area (Å²) in [5, 5.41) is 4.29. The van der Waals surface area contributed by atoms with Crippen LogP contribution in [0.4, 0.5) is 0 Å². The van der Waals surface area contributed by atoms with E-state index in [2.05, 4.69) is 5.16 Å². The Kier molecular flexibility index (Phi) is 7.91. The van der Waals surface area contributed by atoms with Crippen LogP contribution in [0.3, 0.4) is 0 Å². The first-order chi connectivity index (χ1) is 13.8. The van der Waals surface area contributed by atoms with Gasteiger partial charge < -0.3 is 19.2 Å². The summed E-state index contributed by atoms with van der Waals surface area (Å²) in [4.78, 5) is 19.7. The Balaban J connectivity index is 2.02. The Morgan fingerprint density at radius 3 is 2.41 bits per heavy atom. The average Bonchev–Trinajstić information content (AvgIpc) is 2.68. The minimum Gasteiger partial charge on any atom is -0.493 e. The van der Waals surface area contributed by atoms with Gasteiger partial charge in [-0.1, -0.05) is 47.1 Å². The van der Waals surface area contributed by atoms with Crippen molar-refractivity contribution in [3.05, 3.63) is 58.6 Å². The number of nitrogens with zero attached hydrogens (tertiary/aromatic N) is 2. The number of carbonyl (C=O) groups is 1. The number of oxime groups is 1. The van der Waals surface area contributed by atoms with E-state index >= 15 is 0 Å². The number of hydrogen-bond acceptors (Lipinski definition) is 5. The van der Waals surface area contributed by atoms with E-state index in [0.29, 0.717) is 28.6 Å². The highest BCUT2D eigenvalue weighted by Gasteiger charge is 2.26. The normalized spacial score (nSPS) is 11.4. The van der Waals surface area contributed by atoms with E-state index in [9.17, 15) is 4.79 Å². The summed E-state index contributed by atoms with van der Waals surface area (Å²) in [5.41, 5.74) is 1.37. The SMILES string of the molecule is COc1cc(/C=N/OCC(=O)N(Cc2ccccc2)C(C)(C)C)cc(Cl)c1OC. The highest BCUT2D eigenvalue weighted by molar-refractivity contribution is 6.32. The standard InChI is InChI=1S/C22H27ClN2O4/c1-22(2,3)25(14-16-9-7-6-8-10-16)20(26)15-29-24-13-17-11-18(23)21(28-5)19(12-17)27-4/h6-13H,14-15H2,1-5H3/b24-13+. The summed E-state index contributed by atoms with van der Waals surface area (Å²) in [5.74, 6) is 0.785. The highest BCUT2D eigenvalue weighted by atomic mass is 35.5. The van der Waals surface area contributed by atoms with Crippen molar-refractivity contribution >= 4 is 23.7 Å². The van der Waals surface area contributed by atoms with Crippen LogP contribution in [-0.4, -0.2) is 43.4 Å². The molecule has 2 rings (SSSR count). The molecular weight excluding hydrogens is 392 g/mol. The van der Waals surface area contributed by atoms with E-state index in [4.69, 9.17) is 25.9 Å². The van der Waals surface area contributed by atoms with Gasteiger partial charge in [-0.3, -0.25) is 4.79 Å². The van der Waals surface area contributed by atoms with Crippen molar-refractivity contribution in [1.29, 1.82) is 0 Å². The van der Waals surface area contributed by atoms with Gasteiger partial charge in [0.2, 0.25) is 0 Å². The number of rotatable bonds is 8. The predicted octanol–water partition coefficient (Wildman–Crippen LogP) is 4.54. The average molecular weight is 419 g/mol. The smallest absolute Gasteiger partial charge is 0.264 e. The monoisotopic (exact) mass is 418 g/mol. The Morgan fingerprint density at radius 1 is 1.14 bits per heavy atom. The van der Waals surface area contributed by atoms with Crippen LogP contribution in [0.5, 0.6) is 11.5 Å². The zero-order valence-electron chi connectivity index (χ0n) is 17.4. The first-order valence-corrected chi connectivity index (χ1v) is 9.55. The molecular formula is C22H27ClN2O4. The van der Waals surface area contributed by atoms with E-state index in [-0.39, 0.29) is 18.1 Å². The summed E-state index contributed by atoms with van der Waals surface area (Å²) in [7, 11) is 3.04. The van der Waals surface area contributed by atoms with Crippen LogP contribution in [0.15, 0.2) is 47.6 Å². The summed E-state index contributed by atoms with van der Waals surface area (Å²) in [6.45, 7) is 6.30. The largest absolute Gasteiger partial charge is 0.493 e. The Morgan fingerprint density at radius 2 is 1.83 bits per heavy atom. The van der Waals surface area contributed by atoms with Gasteiger partial charge in [0.15, 0.2) is 18.1 Å². The van der Waals surface area contributed by atoms with E-state index < -0.39 is 0 Å². The molecule has 0 unspecified atom stereocenters. The van der Waals surface area contributed by atoms with E-state index in [1.807, 2.05) is 51.1 Å². The van der Waals surface area contributed by atoms with Gasteiger partial charge in [-0.2, -0.15) is 0 Å². The fraction of sp³-hybridized carbons (Fsp3) is 0.364. The Labute approximate surface area is 177 Å². The third-order valence-electron chi connectivity index (χ3n) is 4.21. The molecule has 0 atom stereocenters. The van der Waals surface area contributed by atoms with Crippen molar-refractivity contribution in [3.63, 3.8) is 0 Å². The van der Waals surface area contributed by atoms with Crippen molar-refractivity contribution in [2.75, 3.05) is 20.8 Å². The van der Waals surface area contributed by atoms with Gasteiger partial charge in [-0.15, -0.1) is 0 Å². The fourth-order valence-corrected chi connectivity index (χ4v) is 3.04. The Bertz CT molecular complexity index is 848. The number of amides is 1. The molecule has 6 nitrogen and oxygen atoms in total. The fourth-order valence-electron chi connectivity index (χ4n) is 2.75. The maximum Gasteiger partial charge on any atom is 0.264 e. The van der Waals surface area contributed by atoms with Gasteiger partial charge >= 0.3 is 0 Å².